The molecule has 1 N–H and O–H groups in total. The molecule has 4 rings (SSSR count). The van der Waals surface area contributed by atoms with Crippen molar-refractivity contribution in [2.75, 3.05) is 4.72 Å². The van der Waals surface area contributed by atoms with E-state index in [1.54, 1.807) is 24.3 Å². The van der Waals surface area contributed by atoms with Gasteiger partial charge in [0.1, 0.15) is 5.82 Å². The van der Waals surface area contributed by atoms with Gasteiger partial charge >= 0.3 is 6.18 Å². The molecule has 6 nitrogen and oxygen atoms in total. The van der Waals surface area contributed by atoms with Crippen molar-refractivity contribution in [2.45, 2.75) is 43.3 Å². The Morgan fingerprint density at radius 3 is 2.27 bits per heavy atom. The average molecular weight is 436 g/mol. The van der Waals surface area contributed by atoms with Crippen LogP contribution in [0.4, 0.5) is 18.9 Å². The van der Waals surface area contributed by atoms with E-state index in [0.29, 0.717) is 5.69 Å². The molecule has 0 saturated carbocycles. The van der Waals surface area contributed by atoms with Crippen molar-refractivity contribution in [2.24, 2.45) is 0 Å². The molecule has 0 radical (unpaired) electrons. The molecule has 0 spiro atoms. The van der Waals surface area contributed by atoms with Gasteiger partial charge in [0.25, 0.3) is 10.0 Å². The van der Waals surface area contributed by atoms with Crippen LogP contribution < -0.4 is 4.72 Å². The zero-order valence-corrected chi connectivity index (χ0v) is 16.7. The molecule has 158 valence electrons. The van der Waals surface area contributed by atoms with Crippen LogP contribution in [0.5, 0.6) is 0 Å². The van der Waals surface area contributed by atoms with Crippen molar-refractivity contribution in [1.29, 1.82) is 0 Å². The Hall–Kier alpha value is -2.88. The second-order valence-electron chi connectivity index (χ2n) is 7.11. The van der Waals surface area contributed by atoms with E-state index in [1.165, 1.54) is 0 Å². The third kappa shape index (κ3) is 4.18. The maximum atomic E-state index is 12.7. The quantitative estimate of drug-likeness (QED) is 0.654. The minimum absolute atomic E-state index is 0.248. The standard InChI is InChI=1S/C20H19F3N4O2S/c21-20(22,23)15-7-11-17(12-8-15)30(28,29)26-16-9-5-14(6-10-16)19-25-24-18-4-2-1-3-13-27(18)19/h5-12,26H,1-4,13H2. The normalized spacial score (nSPS) is 14.8. The van der Waals surface area contributed by atoms with Gasteiger partial charge in [-0.15, -0.1) is 10.2 Å². The van der Waals surface area contributed by atoms with Crippen LogP contribution in [0.2, 0.25) is 0 Å². The second kappa shape index (κ2) is 7.75. The van der Waals surface area contributed by atoms with Crippen molar-refractivity contribution < 1.29 is 21.6 Å². The van der Waals surface area contributed by atoms with E-state index in [1.807, 2.05) is 0 Å². The molecule has 1 aliphatic rings. The van der Waals surface area contributed by atoms with E-state index in [0.717, 1.165) is 73.7 Å². The van der Waals surface area contributed by atoms with Gasteiger partial charge in [-0.2, -0.15) is 13.2 Å². The molecule has 0 saturated heterocycles. The van der Waals surface area contributed by atoms with Gasteiger partial charge < -0.3 is 4.57 Å². The van der Waals surface area contributed by atoms with Crippen molar-refractivity contribution in [1.82, 2.24) is 14.8 Å². The minimum atomic E-state index is -4.52. The Kier molecular flexibility index (Phi) is 5.27. The topological polar surface area (TPSA) is 76.9 Å². The Morgan fingerprint density at radius 1 is 0.900 bits per heavy atom. The van der Waals surface area contributed by atoms with Crippen molar-refractivity contribution in [3.05, 3.63) is 59.9 Å². The third-order valence-corrected chi connectivity index (χ3v) is 6.39. The summed E-state index contributed by atoms with van der Waals surface area (Å²) in [6, 6.07) is 10.0. The molecule has 2 aromatic carbocycles. The zero-order valence-electron chi connectivity index (χ0n) is 15.9. The molecule has 0 bridgehead atoms. The molecule has 0 unspecified atom stereocenters. The summed E-state index contributed by atoms with van der Waals surface area (Å²) in [6.07, 6.45) is -0.344. The highest BCUT2D eigenvalue weighted by Gasteiger charge is 2.30. The first-order valence-electron chi connectivity index (χ1n) is 9.47. The number of aromatic nitrogens is 3. The van der Waals surface area contributed by atoms with Crippen LogP contribution in [0.25, 0.3) is 11.4 Å². The van der Waals surface area contributed by atoms with E-state index in [4.69, 9.17) is 0 Å². The maximum absolute atomic E-state index is 12.7. The summed E-state index contributed by atoms with van der Waals surface area (Å²) in [4.78, 5) is -0.248. The van der Waals surface area contributed by atoms with E-state index in [2.05, 4.69) is 19.5 Å². The summed E-state index contributed by atoms with van der Waals surface area (Å²) < 4.78 is 67.5. The average Bonchev–Trinajstić information content (AvgIpc) is 2.96. The molecule has 0 amide bonds. The second-order valence-corrected chi connectivity index (χ2v) is 8.79. The van der Waals surface area contributed by atoms with Gasteiger partial charge in [-0.3, -0.25) is 4.72 Å². The minimum Gasteiger partial charge on any atom is -0.311 e. The van der Waals surface area contributed by atoms with Crippen LogP contribution in [-0.4, -0.2) is 23.2 Å². The number of halogens is 3. The highest BCUT2D eigenvalue weighted by atomic mass is 32.2. The van der Waals surface area contributed by atoms with Crippen LogP contribution >= 0.6 is 0 Å². The lowest BCUT2D eigenvalue weighted by molar-refractivity contribution is -0.137. The summed E-state index contributed by atoms with van der Waals surface area (Å²) in [5.41, 5.74) is 0.209. The number of nitrogens with zero attached hydrogens (tertiary/aromatic N) is 3. The number of aryl methyl sites for hydroxylation is 1. The summed E-state index contributed by atoms with van der Waals surface area (Å²) in [6.45, 7) is 0.847. The molecule has 30 heavy (non-hydrogen) atoms. The fraction of sp³-hybridized carbons (Fsp3) is 0.300. The van der Waals surface area contributed by atoms with Crippen LogP contribution in [0, 0.1) is 0 Å². The lowest BCUT2D eigenvalue weighted by Gasteiger charge is -2.11. The summed E-state index contributed by atoms with van der Waals surface area (Å²) in [7, 11) is -4.01. The summed E-state index contributed by atoms with van der Waals surface area (Å²) in [5, 5.41) is 8.53. The molecule has 1 aliphatic heterocycles. The van der Waals surface area contributed by atoms with Gasteiger partial charge in [-0.05, 0) is 61.4 Å². The highest BCUT2D eigenvalue weighted by molar-refractivity contribution is 7.92. The van der Waals surface area contributed by atoms with Gasteiger partial charge in [-0.1, -0.05) is 6.42 Å². The zero-order chi connectivity index (χ0) is 21.4. The number of hydrogen-bond acceptors (Lipinski definition) is 4. The molecule has 2 heterocycles. The smallest absolute Gasteiger partial charge is 0.311 e. The number of anilines is 1. The Bertz CT molecular complexity index is 1140. The van der Waals surface area contributed by atoms with Crippen LogP contribution in [0.1, 0.15) is 30.7 Å². The van der Waals surface area contributed by atoms with Crippen LogP contribution in [-0.2, 0) is 29.2 Å². The molecule has 3 aromatic rings. The van der Waals surface area contributed by atoms with Gasteiger partial charge in [0.15, 0.2) is 5.82 Å². The predicted molar refractivity (Wildman–Crippen MR) is 105 cm³/mol. The van der Waals surface area contributed by atoms with Crippen molar-refractivity contribution >= 4 is 15.7 Å². The van der Waals surface area contributed by atoms with Gasteiger partial charge in [0, 0.05) is 24.2 Å². The lowest BCUT2D eigenvalue weighted by Crippen LogP contribution is -2.13. The van der Waals surface area contributed by atoms with Gasteiger partial charge in [0.2, 0.25) is 0 Å². The number of hydrogen-bond donors (Lipinski definition) is 1. The SMILES string of the molecule is O=S(=O)(Nc1ccc(-c2nnc3n2CCCCC3)cc1)c1ccc(C(F)(F)F)cc1. The number of sulfonamides is 1. The highest BCUT2D eigenvalue weighted by Crippen LogP contribution is 2.30. The first-order chi connectivity index (χ1) is 14.2. The van der Waals surface area contributed by atoms with E-state index >= 15 is 0 Å². The number of alkyl halides is 3. The summed E-state index contributed by atoms with van der Waals surface area (Å²) in [5.74, 6) is 1.69. The number of benzene rings is 2. The van der Waals surface area contributed by atoms with E-state index < -0.39 is 21.8 Å². The largest absolute Gasteiger partial charge is 0.416 e. The molecule has 0 fully saturated rings. The van der Waals surface area contributed by atoms with E-state index in [-0.39, 0.29) is 4.90 Å². The van der Waals surface area contributed by atoms with Crippen LogP contribution in [0.3, 0.4) is 0 Å². The van der Waals surface area contributed by atoms with Gasteiger partial charge in [0.05, 0.1) is 10.5 Å². The molecule has 0 atom stereocenters. The monoisotopic (exact) mass is 436 g/mol. The Balaban J connectivity index is 1.53. The fourth-order valence-electron chi connectivity index (χ4n) is 3.42. The van der Waals surface area contributed by atoms with Crippen LogP contribution in [0.15, 0.2) is 53.4 Å². The maximum Gasteiger partial charge on any atom is 0.416 e. The Morgan fingerprint density at radius 2 is 1.60 bits per heavy atom. The first-order valence-corrected chi connectivity index (χ1v) is 10.9. The molecule has 1 aromatic heterocycles. The molecular weight excluding hydrogens is 417 g/mol. The van der Waals surface area contributed by atoms with Gasteiger partial charge in [-0.25, -0.2) is 8.42 Å². The number of rotatable bonds is 4. The molecule has 10 heteroatoms. The number of nitrogens with one attached hydrogen (secondary N) is 1. The van der Waals surface area contributed by atoms with E-state index in [9.17, 15) is 21.6 Å². The van der Waals surface area contributed by atoms with Crippen molar-refractivity contribution in [3.63, 3.8) is 0 Å². The summed E-state index contributed by atoms with van der Waals surface area (Å²) >= 11 is 0. The molecular formula is C20H19F3N4O2S. The Labute approximate surface area is 171 Å². The van der Waals surface area contributed by atoms with Crippen molar-refractivity contribution in [3.8, 4) is 11.4 Å². The number of fused-ring (bicyclic) bond motifs is 1. The molecule has 0 aliphatic carbocycles. The lowest BCUT2D eigenvalue weighted by atomic mass is 10.2. The predicted octanol–water partition coefficient (Wildman–Crippen LogP) is 4.49. The third-order valence-electron chi connectivity index (χ3n) is 5.00. The first kappa shape index (κ1) is 20.4. The fourth-order valence-corrected chi connectivity index (χ4v) is 4.48.